The lowest BCUT2D eigenvalue weighted by Crippen LogP contribution is -2.37. The van der Waals surface area contributed by atoms with Crippen LogP contribution in [0, 0.1) is 11.8 Å². The molecule has 1 rings (SSSR count). The van der Waals surface area contributed by atoms with Crippen molar-refractivity contribution in [3.05, 3.63) is 0 Å². The van der Waals surface area contributed by atoms with E-state index in [4.69, 9.17) is 10.2 Å². The van der Waals surface area contributed by atoms with Crippen molar-refractivity contribution in [3.63, 3.8) is 0 Å². The summed E-state index contributed by atoms with van der Waals surface area (Å²) in [5, 5.41) is 20.0. The van der Waals surface area contributed by atoms with Crippen molar-refractivity contribution in [3.8, 4) is 0 Å². The molecule has 0 heterocycles. The van der Waals surface area contributed by atoms with Crippen molar-refractivity contribution >= 4 is 11.9 Å². The van der Waals surface area contributed by atoms with Crippen LogP contribution in [0.4, 0.5) is 0 Å². The van der Waals surface area contributed by atoms with E-state index in [9.17, 15) is 9.59 Å². The summed E-state index contributed by atoms with van der Waals surface area (Å²) in [6.07, 6.45) is 0. The summed E-state index contributed by atoms with van der Waals surface area (Å²) < 4.78 is 0. The maximum Gasteiger partial charge on any atom is 0.320 e. The first kappa shape index (κ1) is 9.98. The minimum atomic E-state index is -0.955. The van der Waals surface area contributed by atoms with E-state index in [-0.39, 0.29) is 12.0 Å². The van der Waals surface area contributed by atoms with Gasteiger partial charge in [0.1, 0.15) is 6.04 Å². The quantitative estimate of drug-likeness (QED) is 0.566. The van der Waals surface area contributed by atoms with Crippen molar-refractivity contribution in [2.24, 2.45) is 11.8 Å². The van der Waals surface area contributed by atoms with E-state index in [1.807, 2.05) is 0 Å². The van der Waals surface area contributed by atoms with E-state index in [1.54, 1.807) is 6.92 Å². The number of carboxylic acids is 2. The molecule has 0 aromatic carbocycles. The normalized spacial score (nSPS) is 33.8. The van der Waals surface area contributed by atoms with Gasteiger partial charge >= 0.3 is 11.9 Å². The number of rotatable bonds is 4. The zero-order chi connectivity index (χ0) is 10.2. The molecule has 13 heavy (non-hydrogen) atoms. The van der Waals surface area contributed by atoms with Gasteiger partial charge in [-0.3, -0.25) is 9.59 Å². The van der Waals surface area contributed by atoms with Crippen molar-refractivity contribution < 1.29 is 19.8 Å². The molecule has 0 aromatic heterocycles. The lowest BCUT2D eigenvalue weighted by atomic mass is 10.3. The maximum atomic E-state index is 10.5. The molecule has 4 atom stereocenters. The lowest BCUT2D eigenvalue weighted by Gasteiger charge is -2.07. The van der Waals surface area contributed by atoms with E-state index in [0.717, 1.165) is 0 Å². The minimum Gasteiger partial charge on any atom is -0.481 e. The van der Waals surface area contributed by atoms with Crippen LogP contribution in [-0.2, 0) is 9.59 Å². The van der Waals surface area contributed by atoms with Crippen LogP contribution in [0.1, 0.15) is 13.8 Å². The molecule has 0 aromatic rings. The summed E-state index contributed by atoms with van der Waals surface area (Å²) >= 11 is 0. The average molecular weight is 187 g/mol. The second kappa shape index (κ2) is 3.33. The molecular weight excluding hydrogens is 174 g/mol. The third-order valence-corrected chi connectivity index (χ3v) is 2.48. The van der Waals surface area contributed by atoms with Gasteiger partial charge in [0.05, 0.1) is 5.92 Å². The SMILES string of the molecule is CC(NC1C(C)C1C(=O)O)C(=O)O. The van der Waals surface area contributed by atoms with Gasteiger partial charge in [-0.1, -0.05) is 6.92 Å². The summed E-state index contributed by atoms with van der Waals surface area (Å²) in [5.41, 5.74) is 0. The minimum absolute atomic E-state index is 0.0271. The Balaban J connectivity index is 2.41. The largest absolute Gasteiger partial charge is 0.481 e. The molecule has 0 saturated heterocycles. The van der Waals surface area contributed by atoms with Crippen LogP contribution in [0.5, 0.6) is 0 Å². The Morgan fingerprint density at radius 3 is 2.23 bits per heavy atom. The number of carboxylic acid groups (broad SMARTS) is 2. The summed E-state index contributed by atoms with van der Waals surface area (Å²) in [4.78, 5) is 21.0. The molecule has 4 unspecified atom stereocenters. The van der Waals surface area contributed by atoms with Gasteiger partial charge in [-0.15, -0.1) is 0 Å². The van der Waals surface area contributed by atoms with E-state index >= 15 is 0 Å². The molecule has 3 N–H and O–H groups in total. The number of hydrogen-bond acceptors (Lipinski definition) is 3. The Morgan fingerprint density at radius 1 is 1.38 bits per heavy atom. The highest BCUT2D eigenvalue weighted by Crippen LogP contribution is 2.38. The van der Waals surface area contributed by atoms with Crippen molar-refractivity contribution in [2.75, 3.05) is 0 Å². The molecular formula is C8H13NO4. The van der Waals surface area contributed by atoms with Crippen molar-refractivity contribution in [1.82, 2.24) is 5.32 Å². The molecule has 0 bridgehead atoms. The van der Waals surface area contributed by atoms with Crippen LogP contribution in [0.15, 0.2) is 0 Å². The molecule has 5 heteroatoms. The van der Waals surface area contributed by atoms with Gasteiger partial charge in [0.2, 0.25) is 0 Å². The highest BCUT2D eigenvalue weighted by atomic mass is 16.4. The Bertz CT molecular complexity index is 240. The predicted octanol–water partition coefficient (Wildman–Crippen LogP) is -0.232. The first-order valence-electron chi connectivity index (χ1n) is 4.16. The maximum absolute atomic E-state index is 10.5. The van der Waals surface area contributed by atoms with Gasteiger partial charge in [-0.25, -0.2) is 0 Å². The van der Waals surface area contributed by atoms with E-state index in [2.05, 4.69) is 5.32 Å². The van der Waals surface area contributed by atoms with Crippen LogP contribution in [0.2, 0.25) is 0 Å². The molecule has 1 fully saturated rings. The fourth-order valence-electron chi connectivity index (χ4n) is 1.46. The first-order valence-corrected chi connectivity index (χ1v) is 4.16. The summed E-state index contributed by atoms with van der Waals surface area (Å²) in [7, 11) is 0. The summed E-state index contributed by atoms with van der Waals surface area (Å²) in [6.45, 7) is 3.30. The van der Waals surface area contributed by atoms with Crippen LogP contribution < -0.4 is 5.32 Å². The molecule has 0 aliphatic heterocycles. The molecule has 1 saturated carbocycles. The topological polar surface area (TPSA) is 86.6 Å². The standard InChI is InChI=1S/C8H13NO4/c1-3-5(8(12)13)6(3)9-4(2)7(10)11/h3-6,9H,1-2H3,(H,10,11)(H,12,13). The molecule has 74 valence electrons. The second-order valence-corrected chi connectivity index (χ2v) is 3.48. The Kier molecular flexibility index (Phi) is 2.56. The lowest BCUT2D eigenvalue weighted by molar-refractivity contribution is -0.141. The van der Waals surface area contributed by atoms with E-state index in [0.29, 0.717) is 0 Å². The third-order valence-electron chi connectivity index (χ3n) is 2.48. The zero-order valence-corrected chi connectivity index (χ0v) is 7.52. The molecule has 1 aliphatic rings. The highest BCUT2D eigenvalue weighted by molar-refractivity contribution is 5.76. The van der Waals surface area contributed by atoms with Gasteiger partial charge in [0.25, 0.3) is 0 Å². The molecule has 1 aliphatic carbocycles. The fraction of sp³-hybridized carbons (Fsp3) is 0.750. The van der Waals surface area contributed by atoms with Gasteiger partial charge in [0.15, 0.2) is 0 Å². The van der Waals surface area contributed by atoms with E-state index < -0.39 is 23.9 Å². The molecule has 0 radical (unpaired) electrons. The van der Waals surface area contributed by atoms with Crippen molar-refractivity contribution in [2.45, 2.75) is 25.9 Å². The summed E-state index contributed by atoms with van der Waals surface area (Å²) in [6, 6.07) is -0.875. The highest BCUT2D eigenvalue weighted by Gasteiger charge is 2.52. The molecule has 0 spiro atoms. The Morgan fingerprint density at radius 2 is 1.92 bits per heavy atom. The van der Waals surface area contributed by atoms with Gasteiger partial charge in [0, 0.05) is 6.04 Å². The molecule has 0 amide bonds. The number of carbonyl (C=O) groups is 2. The fourth-order valence-corrected chi connectivity index (χ4v) is 1.46. The van der Waals surface area contributed by atoms with Crippen LogP contribution in [0.3, 0.4) is 0 Å². The first-order chi connectivity index (χ1) is 5.95. The third kappa shape index (κ3) is 1.98. The van der Waals surface area contributed by atoms with Gasteiger partial charge in [-0.2, -0.15) is 0 Å². The predicted molar refractivity (Wildman–Crippen MR) is 44.3 cm³/mol. The average Bonchev–Trinajstić information content (AvgIpc) is 2.61. The Labute approximate surface area is 75.7 Å². The summed E-state index contributed by atoms with van der Waals surface area (Å²) in [5.74, 6) is -2.22. The Hall–Kier alpha value is -1.10. The zero-order valence-electron chi connectivity index (χ0n) is 7.52. The van der Waals surface area contributed by atoms with Crippen LogP contribution >= 0.6 is 0 Å². The van der Waals surface area contributed by atoms with Gasteiger partial charge < -0.3 is 15.5 Å². The van der Waals surface area contributed by atoms with Crippen LogP contribution in [0.25, 0.3) is 0 Å². The van der Waals surface area contributed by atoms with E-state index in [1.165, 1.54) is 6.92 Å². The monoisotopic (exact) mass is 187 g/mol. The van der Waals surface area contributed by atoms with Crippen LogP contribution in [-0.4, -0.2) is 34.2 Å². The van der Waals surface area contributed by atoms with Gasteiger partial charge in [-0.05, 0) is 12.8 Å². The number of nitrogens with one attached hydrogen (secondary N) is 1. The molecule has 5 nitrogen and oxygen atoms in total. The number of hydrogen-bond donors (Lipinski definition) is 3. The number of aliphatic carboxylic acids is 2. The van der Waals surface area contributed by atoms with Crippen molar-refractivity contribution in [1.29, 1.82) is 0 Å². The smallest absolute Gasteiger partial charge is 0.320 e. The second-order valence-electron chi connectivity index (χ2n) is 3.48.